The largest absolute Gasteiger partial charge is 0.484 e. The molecule has 0 saturated carbocycles. The summed E-state index contributed by atoms with van der Waals surface area (Å²) in [6.07, 6.45) is 3.85. The van der Waals surface area contributed by atoms with Gasteiger partial charge in [0.05, 0.1) is 28.5 Å². The van der Waals surface area contributed by atoms with Gasteiger partial charge in [0.15, 0.2) is 11.4 Å². The lowest BCUT2D eigenvalue weighted by Crippen LogP contribution is -2.40. The molecule has 0 spiro atoms. The zero-order valence-electron chi connectivity index (χ0n) is 24.1. The maximum absolute atomic E-state index is 14.0. The van der Waals surface area contributed by atoms with Crippen molar-refractivity contribution >= 4 is 46.6 Å². The van der Waals surface area contributed by atoms with Gasteiger partial charge < -0.3 is 14.4 Å². The number of hydrogen-bond acceptors (Lipinski definition) is 7. The van der Waals surface area contributed by atoms with E-state index in [0.717, 1.165) is 37.1 Å². The van der Waals surface area contributed by atoms with Crippen molar-refractivity contribution in [2.24, 2.45) is 4.99 Å². The Morgan fingerprint density at radius 2 is 1.70 bits per heavy atom. The number of amides is 1. The highest BCUT2D eigenvalue weighted by Gasteiger charge is 2.35. The highest BCUT2D eigenvalue weighted by Crippen LogP contribution is 2.35. The predicted octanol–water partition coefficient (Wildman–Crippen LogP) is 4.59. The third kappa shape index (κ3) is 6.11. The average molecular weight is 628 g/mol. The van der Waals surface area contributed by atoms with E-state index in [-0.39, 0.29) is 30.3 Å². The van der Waals surface area contributed by atoms with Crippen molar-refractivity contribution in [2.75, 3.05) is 26.3 Å². The fourth-order valence-corrected chi connectivity index (χ4v) is 6.54. The summed E-state index contributed by atoms with van der Waals surface area (Å²) in [4.78, 5) is 47.0. The molecule has 1 aromatic heterocycles. The summed E-state index contributed by atoms with van der Waals surface area (Å²) in [6, 6.07) is 23.0. The van der Waals surface area contributed by atoms with E-state index >= 15 is 0 Å². The van der Waals surface area contributed by atoms with Crippen LogP contribution in [0.4, 0.5) is 0 Å². The number of aromatic nitrogens is 1. The molecule has 0 unspecified atom stereocenters. The molecule has 1 amide bonds. The summed E-state index contributed by atoms with van der Waals surface area (Å²) in [5.74, 6) is 0.0219. The molecule has 10 heteroatoms. The van der Waals surface area contributed by atoms with Crippen LogP contribution in [0.3, 0.4) is 0 Å². The molecule has 3 heterocycles. The van der Waals surface area contributed by atoms with E-state index in [0.29, 0.717) is 31.4 Å². The number of hydrogen-bond donors (Lipinski definition) is 0. The molecule has 2 aliphatic rings. The van der Waals surface area contributed by atoms with Crippen LogP contribution in [0.5, 0.6) is 5.75 Å². The van der Waals surface area contributed by atoms with Crippen LogP contribution in [0, 0.1) is 0 Å². The lowest BCUT2D eigenvalue weighted by atomic mass is 9.93. The number of benzene rings is 3. The summed E-state index contributed by atoms with van der Waals surface area (Å²) in [5, 5.41) is 0.541. The van der Waals surface area contributed by atoms with E-state index in [2.05, 4.69) is 0 Å². The molecule has 3 aromatic carbocycles. The van der Waals surface area contributed by atoms with Gasteiger partial charge in [0.2, 0.25) is 0 Å². The minimum atomic E-state index is -0.774. The lowest BCUT2D eigenvalue weighted by Gasteiger charge is -2.25. The van der Waals surface area contributed by atoms with Gasteiger partial charge in [-0.15, -0.1) is 0 Å². The number of nitrogens with zero attached hydrogens (tertiary/aromatic N) is 3. The monoisotopic (exact) mass is 627 g/mol. The van der Waals surface area contributed by atoms with Crippen molar-refractivity contribution in [3.8, 4) is 5.75 Å². The van der Waals surface area contributed by atoms with Gasteiger partial charge in [-0.1, -0.05) is 77.5 Å². The molecule has 8 nitrogen and oxygen atoms in total. The number of carbonyl (C=O) groups excluding carboxylic acids is 2. The van der Waals surface area contributed by atoms with Crippen LogP contribution in [0.15, 0.2) is 94.2 Å². The first-order chi connectivity index (χ1) is 21.4. The Morgan fingerprint density at radius 1 is 1.00 bits per heavy atom. The second-order valence-electron chi connectivity index (χ2n) is 10.4. The molecule has 44 heavy (non-hydrogen) atoms. The van der Waals surface area contributed by atoms with E-state index in [9.17, 15) is 14.4 Å². The van der Waals surface area contributed by atoms with Crippen LogP contribution < -0.4 is 19.6 Å². The minimum absolute atomic E-state index is 0.00477. The maximum Gasteiger partial charge on any atom is 0.338 e. The number of likely N-dealkylation sites (tertiary alicyclic amines) is 1. The minimum Gasteiger partial charge on any atom is -0.484 e. The van der Waals surface area contributed by atoms with Crippen molar-refractivity contribution in [3.05, 3.63) is 126 Å². The fraction of sp³-hybridized carbons (Fsp3) is 0.235. The molecule has 0 aliphatic carbocycles. The van der Waals surface area contributed by atoms with Gasteiger partial charge in [-0.2, -0.15) is 0 Å². The highest BCUT2D eigenvalue weighted by molar-refractivity contribution is 7.07. The third-order valence-corrected chi connectivity index (χ3v) is 8.79. The van der Waals surface area contributed by atoms with Gasteiger partial charge in [0.1, 0.15) is 5.75 Å². The number of halogens is 1. The smallest absolute Gasteiger partial charge is 0.338 e. The Bertz CT molecular complexity index is 1890. The number of ether oxygens (including phenoxy) is 2. The third-order valence-electron chi connectivity index (χ3n) is 7.56. The van der Waals surface area contributed by atoms with Crippen molar-refractivity contribution < 1.29 is 19.1 Å². The lowest BCUT2D eigenvalue weighted by molar-refractivity contribution is -0.139. The Balaban J connectivity index is 1.40. The van der Waals surface area contributed by atoms with Gasteiger partial charge >= 0.3 is 5.97 Å². The normalized spacial score (nSPS) is 16.5. The summed E-state index contributed by atoms with van der Waals surface area (Å²) < 4.78 is 13.2. The van der Waals surface area contributed by atoms with Crippen LogP contribution in [0.2, 0.25) is 5.02 Å². The second-order valence-corrected chi connectivity index (χ2v) is 11.9. The van der Waals surface area contributed by atoms with E-state index in [4.69, 9.17) is 26.1 Å². The maximum atomic E-state index is 14.0. The molecule has 0 radical (unpaired) electrons. The summed E-state index contributed by atoms with van der Waals surface area (Å²) in [7, 11) is 0. The predicted molar refractivity (Wildman–Crippen MR) is 170 cm³/mol. The molecule has 1 fully saturated rings. The standard InChI is InChI=1S/C34H30ClN3O5S/c1-2-42-33(41)29-30(23-8-4-3-5-9-23)36-34-38(31(29)24-12-14-25(35)15-13-24)32(40)27(44-34)20-22-10-16-26(17-11-22)43-21-28(39)37-18-6-7-19-37/h3-5,8-17,20,31H,2,6-7,18-19,21H2,1H3/b27-20+/t31-/m0/s1. The van der Waals surface area contributed by atoms with Crippen LogP contribution in [-0.2, 0) is 14.3 Å². The van der Waals surface area contributed by atoms with Gasteiger partial charge in [0, 0.05) is 23.7 Å². The molecule has 1 atom stereocenters. The molecule has 2 aliphatic heterocycles. The van der Waals surface area contributed by atoms with Crippen molar-refractivity contribution in [1.29, 1.82) is 0 Å². The molecule has 1 saturated heterocycles. The molecular formula is C34H30ClN3O5S. The highest BCUT2D eigenvalue weighted by atomic mass is 35.5. The Kier molecular flexibility index (Phi) is 8.77. The number of rotatable bonds is 8. The first kappa shape index (κ1) is 29.6. The summed E-state index contributed by atoms with van der Waals surface area (Å²) in [5.41, 5.74) is 2.69. The first-order valence-electron chi connectivity index (χ1n) is 14.5. The van der Waals surface area contributed by atoms with Crippen molar-refractivity contribution in [1.82, 2.24) is 9.47 Å². The van der Waals surface area contributed by atoms with Crippen molar-refractivity contribution in [2.45, 2.75) is 25.8 Å². The van der Waals surface area contributed by atoms with E-state index < -0.39 is 12.0 Å². The van der Waals surface area contributed by atoms with Gasteiger partial charge in [0.25, 0.3) is 11.5 Å². The van der Waals surface area contributed by atoms with Gasteiger partial charge in [-0.25, -0.2) is 9.79 Å². The van der Waals surface area contributed by atoms with E-state index in [1.807, 2.05) is 59.5 Å². The Morgan fingerprint density at radius 3 is 2.39 bits per heavy atom. The Labute approximate surface area is 263 Å². The van der Waals surface area contributed by atoms with E-state index in [1.54, 1.807) is 41.8 Å². The molecule has 0 N–H and O–H groups in total. The van der Waals surface area contributed by atoms with Crippen LogP contribution in [-0.4, -0.2) is 47.6 Å². The summed E-state index contributed by atoms with van der Waals surface area (Å²) in [6.45, 7) is 3.48. The van der Waals surface area contributed by atoms with Crippen molar-refractivity contribution in [3.63, 3.8) is 0 Å². The molecule has 0 bridgehead atoms. The average Bonchev–Trinajstić information content (AvgIpc) is 3.69. The zero-order valence-corrected chi connectivity index (χ0v) is 25.6. The fourth-order valence-electron chi connectivity index (χ4n) is 5.42. The SMILES string of the molecule is CCOC(=O)C1=C(c2ccccc2)N=c2s/c(=C/c3ccc(OCC(=O)N4CCCC4)cc3)c(=O)n2[C@H]1c1ccc(Cl)cc1. The van der Waals surface area contributed by atoms with Crippen LogP contribution in [0.1, 0.15) is 42.5 Å². The number of esters is 1. The molecule has 224 valence electrons. The number of thiazole rings is 1. The Hall–Kier alpha value is -4.47. The topological polar surface area (TPSA) is 90.2 Å². The molecule has 6 rings (SSSR count). The van der Waals surface area contributed by atoms with Gasteiger partial charge in [-0.3, -0.25) is 14.2 Å². The quantitative estimate of drug-likeness (QED) is 0.267. The molecule has 4 aromatic rings. The first-order valence-corrected chi connectivity index (χ1v) is 15.7. The number of fused-ring (bicyclic) bond motifs is 1. The molecular weight excluding hydrogens is 598 g/mol. The van der Waals surface area contributed by atoms with Gasteiger partial charge in [-0.05, 0) is 61.2 Å². The zero-order chi connectivity index (χ0) is 30.6. The van der Waals surface area contributed by atoms with E-state index in [1.165, 1.54) is 11.3 Å². The van der Waals surface area contributed by atoms with Crippen LogP contribution in [0.25, 0.3) is 11.8 Å². The summed E-state index contributed by atoms with van der Waals surface area (Å²) >= 11 is 7.46. The second kappa shape index (κ2) is 13.0. The number of carbonyl (C=O) groups is 2. The van der Waals surface area contributed by atoms with Crippen LogP contribution >= 0.6 is 22.9 Å².